The number of carbonyl (C=O) groups is 2. The van der Waals surface area contributed by atoms with E-state index < -0.39 is 34.8 Å². The number of likely N-dealkylation sites (tertiary alicyclic amines) is 1. The van der Waals surface area contributed by atoms with Crippen LogP contribution in [0.3, 0.4) is 0 Å². The average molecular weight is 468 g/mol. The molecule has 4 rings (SSSR count). The number of hydrogen-bond donors (Lipinski definition) is 2. The summed E-state index contributed by atoms with van der Waals surface area (Å²) in [6, 6.07) is 10.4. The second-order valence-electron chi connectivity index (χ2n) is 8.24. The Hall–Kier alpha value is -4.31. The Morgan fingerprint density at radius 3 is 2.32 bits per heavy atom. The maximum absolute atomic E-state index is 13.6. The van der Waals surface area contributed by atoms with Crippen LogP contribution in [0.2, 0.25) is 0 Å². The number of rotatable bonds is 3. The Bertz CT molecular complexity index is 1310. The van der Waals surface area contributed by atoms with Gasteiger partial charge in [-0.15, -0.1) is 0 Å². The summed E-state index contributed by atoms with van der Waals surface area (Å²) in [5.41, 5.74) is -3.14. The maximum Gasteiger partial charge on any atom is 0.416 e. The topological polar surface area (TPSA) is 78.4 Å². The van der Waals surface area contributed by atoms with Crippen LogP contribution in [0.25, 0.3) is 15.3 Å². The van der Waals surface area contributed by atoms with Crippen LogP contribution < -0.4 is 5.32 Å². The lowest BCUT2D eigenvalue weighted by molar-refractivity contribution is -0.137. The van der Waals surface area contributed by atoms with Crippen molar-refractivity contribution in [2.45, 2.75) is 23.7 Å². The van der Waals surface area contributed by atoms with Gasteiger partial charge in [0, 0.05) is 6.08 Å². The highest BCUT2D eigenvalue weighted by Crippen LogP contribution is 2.53. The molecule has 1 aliphatic carbocycles. The zero-order chi connectivity index (χ0) is 24.7. The van der Waals surface area contributed by atoms with Gasteiger partial charge in [0.1, 0.15) is 13.1 Å². The first-order valence-electron chi connectivity index (χ1n) is 10.2. The molecule has 1 saturated heterocycles. The number of carboxylic acids is 1. The van der Waals surface area contributed by atoms with Gasteiger partial charge in [-0.05, 0) is 29.3 Å². The van der Waals surface area contributed by atoms with Crippen molar-refractivity contribution in [1.29, 1.82) is 0 Å². The lowest BCUT2D eigenvalue weighted by Crippen LogP contribution is -2.43. The molecule has 0 unspecified atom stereocenters. The van der Waals surface area contributed by atoms with E-state index >= 15 is 0 Å². The minimum absolute atomic E-state index is 0.0210. The van der Waals surface area contributed by atoms with Crippen LogP contribution in [0.5, 0.6) is 0 Å². The zero-order valence-electron chi connectivity index (χ0n) is 17.7. The molecule has 1 aliphatic heterocycles. The Kier molecular flexibility index (Phi) is 5.33. The molecule has 2 N–H and O–H groups in total. The second kappa shape index (κ2) is 7.92. The number of nitrogens with zero attached hydrogens (tertiary/aromatic N) is 3. The van der Waals surface area contributed by atoms with E-state index in [-0.39, 0.29) is 36.3 Å². The minimum Gasteiger partial charge on any atom is -0.478 e. The fraction of sp³-hybridized carbons (Fsp3) is 0.250. The molecular formula is C24H19F3N4O3+2. The number of carboxylic acid groups (broad SMARTS) is 1. The Labute approximate surface area is 192 Å². The van der Waals surface area contributed by atoms with Gasteiger partial charge in [0.05, 0.1) is 23.2 Å². The number of benzene rings is 2. The Balaban J connectivity index is 1.67. The molecule has 172 valence electrons. The van der Waals surface area contributed by atoms with Crippen LogP contribution in [-0.2, 0) is 6.18 Å². The highest BCUT2D eigenvalue weighted by atomic mass is 19.4. The van der Waals surface area contributed by atoms with E-state index in [1.807, 2.05) is 0 Å². The first-order chi connectivity index (χ1) is 16.1. The van der Waals surface area contributed by atoms with Gasteiger partial charge in [0.2, 0.25) is 0 Å². The van der Waals surface area contributed by atoms with Crippen molar-refractivity contribution in [3.8, 4) is 13.1 Å². The predicted octanol–water partition coefficient (Wildman–Crippen LogP) is 5.14. The molecule has 10 heteroatoms. The van der Waals surface area contributed by atoms with Gasteiger partial charge in [0.25, 0.3) is 13.1 Å². The van der Waals surface area contributed by atoms with Crippen LogP contribution >= 0.6 is 0 Å². The third-order valence-electron chi connectivity index (χ3n) is 6.33. The maximum atomic E-state index is 13.6. The van der Waals surface area contributed by atoms with Crippen molar-refractivity contribution in [2.24, 2.45) is 0 Å². The standard InChI is InChI=1S/C24H17F3N4O3/c1-28-22-11-15(16-7-3-5-9-18(16)24(25,26)27)12-23(22,29-2)14-31(13-22)21(34)30-19-10-6-4-8-17(19)20(32)33/h1-11H,12-14H2/p+2/t22-,23+/m1/s1. The molecular weight excluding hydrogens is 449 g/mol. The van der Waals surface area contributed by atoms with E-state index in [2.05, 4.69) is 15.0 Å². The number of carbonyl (C=O) groups excluding carboxylic acids is 1. The number of aromatic carboxylic acids is 1. The predicted molar refractivity (Wildman–Crippen MR) is 120 cm³/mol. The van der Waals surface area contributed by atoms with Crippen molar-refractivity contribution >= 4 is 23.3 Å². The quantitative estimate of drug-likeness (QED) is 0.655. The van der Waals surface area contributed by atoms with Gasteiger partial charge in [-0.1, -0.05) is 40.0 Å². The van der Waals surface area contributed by atoms with Crippen molar-refractivity contribution in [3.05, 3.63) is 81.0 Å². The molecule has 0 aromatic heterocycles. The van der Waals surface area contributed by atoms with Crippen molar-refractivity contribution in [1.82, 2.24) is 4.90 Å². The van der Waals surface area contributed by atoms with Crippen molar-refractivity contribution in [2.75, 3.05) is 18.4 Å². The number of hydrogen-bond acceptors (Lipinski definition) is 2. The molecule has 1 fully saturated rings. The molecule has 0 radical (unpaired) electrons. The molecule has 2 aromatic rings. The molecule has 2 aliphatic rings. The van der Waals surface area contributed by atoms with E-state index in [1.165, 1.54) is 47.4 Å². The van der Waals surface area contributed by atoms with E-state index in [0.29, 0.717) is 5.57 Å². The molecule has 0 bridgehead atoms. The molecule has 0 spiro atoms. The molecule has 2 amide bonds. The number of alkyl halides is 3. The third kappa shape index (κ3) is 3.54. The van der Waals surface area contributed by atoms with Crippen LogP contribution in [0.1, 0.15) is 27.9 Å². The number of amides is 2. The number of anilines is 1. The van der Waals surface area contributed by atoms with Gasteiger partial charge in [-0.2, -0.15) is 13.2 Å². The van der Waals surface area contributed by atoms with Gasteiger partial charge in [-0.25, -0.2) is 9.59 Å². The second-order valence-corrected chi connectivity index (χ2v) is 8.24. The Morgan fingerprint density at radius 2 is 1.71 bits per heavy atom. The number of urea groups is 1. The van der Waals surface area contributed by atoms with Crippen LogP contribution in [0, 0.1) is 13.1 Å². The normalized spacial score (nSPS) is 23.4. The van der Waals surface area contributed by atoms with E-state index in [0.717, 1.165) is 6.07 Å². The van der Waals surface area contributed by atoms with Crippen LogP contribution in [0.4, 0.5) is 23.7 Å². The number of fused-ring (bicyclic) bond motifs is 1. The fourth-order valence-corrected chi connectivity index (χ4v) is 4.69. The summed E-state index contributed by atoms with van der Waals surface area (Å²) in [5.74, 6) is -1.22. The zero-order valence-corrected chi connectivity index (χ0v) is 17.7. The molecule has 2 aromatic carbocycles. The fourth-order valence-electron chi connectivity index (χ4n) is 4.69. The first-order valence-corrected chi connectivity index (χ1v) is 10.2. The third-order valence-corrected chi connectivity index (χ3v) is 6.33. The molecule has 1 heterocycles. The molecule has 34 heavy (non-hydrogen) atoms. The lowest BCUT2D eigenvalue weighted by atomic mass is 9.83. The summed E-state index contributed by atoms with van der Waals surface area (Å²) < 4.78 is 40.8. The van der Waals surface area contributed by atoms with Gasteiger partial charge < -0.3 is 15.3 Å². The molecule has 7 nitrogen and oxygen atoms in total. The van der Waals surface area contributed by atoms with Crippen molar-refractivity contribution < 1.29 is 27.9 Å². The van der Waals surface area contributed by atoms with Gasteiger partial charge >= 0.3 is 29.3 Å². The van der Waals surface area contributed by atoms with E-state index in [9.17, 15) is 27.9 Å². The highest BCUT2D eigenvalue weighted by molar-refractivity contribution is 6.00. The average Bonchev–Trinajstić information content (AvgIpc) is 3.29. The monoisotopic (exact) mass is 468 g/mol. The SMILES string of the molecule is C#[N+][C@]12CC(c3ccccc3C(F)(F)F)=C[C@@]1([N+]#C)CN(C(=O)Nc1ccccc1C(=O)O)C2. The van der Waals surface area contributed by atoms with E-state index in [4.69, 9.17) is 13.1 Å². The Morgan fingerprint density at radius 1 is 1.03 bits per heavy atom. The number of nitrogens with one attached hydrogen (secondary N) is 1. The number of para-hydroxylation sites is 1. The van der Waals surface area contributed by atoms with Gasteiger partial charge in [-0.3, -0.25) is 0 Å². The number of halogens is 3. The smallest absolute Gasteiger partial charge is 0.416 e. The van der Waals surface area contributed by atoms with Crippen LogP contribution in [0.15, 0.2) is 54.6 Å². The van der Waals surface area contributed by atoms with Gasteiger partial charge in [0.15, 0.2) is 0 Å². The molecule has 2 atom stereocenters. The lowest BCUT2D eigenvalue weighted by Gasteiger charge is -2.18. The summed E-state index contributed by atoms with van der Waals surface area (Å²) in [6.07, 6.45) is -3.10. The minimum atomic E-state index is -4.57. The summed E-state index contributed by atoms with van der Waals surface area (Å²) in [6.45, 7) is 11.3. The first kappa shape index (κ1) is 22.9. The highest BCUT2D eigenvalue weighted by Gasteiger charge is 2.78. The molecule has 0 saturated carbocycles. The van der Waals surface area contributed by atoms with E-state index in [1.54, 1.807) is 6.07 Å². The summed E-state index contributed by atoms with van der Waals surface area (Å²) in [7, 11) is 0. The summed E-state index contributed by atoms with van der Waals surface area (Å²) in [4.78, 5) is 33.6. The van der Waals surface area contributed by atoms with Crippen molar-refractivity contribution in [3.63, 3.8) is 0 Å². The largest absolute Gasteiger partial charge is 0.478 e. The summed E-state index contributed by atoms with van der Waals surface area (Å²) in [5, 5.41) is 11.9. The van der Waals surface area contributed by atoms with Crippen LogP contribution in [-0.4, -0.2) is 46.2 Å². The summed E-state index contributed by atoms with van der Waals surface area (Å²) >= 11 is 0.